The Balaban J connectivity index is 1.77. The van der Waals surface area contributed by atoms with Crippen molar-refractivity contribution >= 4 is 17.5 Å². The van der Waals surface area contributed by atoms with Crippen LogP contribution in [0.3, 0.4) is 0 Å². The molecule has 0 aliphatic heterocycles. The summed E-state index contributed by atoms with van der Waals surface area (Å²) in [6, 6.07) is 25.3. The lowest BCUT2D eigenvalue weighted by Gasteiger charge is -2.28. The molecule has 0 unspecified atom stereocenters. The van der Waals surface area contributed by atoms with Crippen molar-refractivity contribution in [1.29, 1.82) is 0 Å². The first kappa shape index (κ1) is 36.8. The van der Waals surface area contributed by atoms with Crippen molar-refractivity contribution in [2.75, 3.05) is 13.6 Å². The molecule has 0 spiro atoms. The van der Waals surface area contributed by atoms with Crippen LogP contribution in [0.25, 0.3) is 0 Å². The van der Waals surface area contributed by atoms with Gasteiger partial charge in [-0.2, -0.15) is 0 Å². The van der Waals surface area contributed by atoms with Gasteiger partial charge in [0.1, 0.15) is 0 Å². The van der Waals surface area contributed by atoms with E-state index in [0.29, 0.717) is 36.3 Å². The molecule has 5 atom stereocenters. The number of nitrogens with one attached hydrogen (secondary N) is 1. The largest absolute Gasteiger partial charge is 0.391 e. The maximum absolute atomic E-state index is 13.7. The highest BCUT2D eigenvalue weighted by Crippen LogP contribution is 2.23. The molecule has 3 aromatic carbocycles. The van der Waals surface area contributed by atoms with Gasteiger partial charge < -0.3 is 20.4 Å². The first-order valence-electron chi connectivity index (χ1n) is 16.6. The van der Waals surface area contributed by atoms with Crippen LogP contribution in [-0.4, -0.2) is 64.4 Å². The number of aliphatic hydroxyl groups excluding tert-OH is 2. The van der Waals surface area contributed by atoms with E-state index in [4.69, 9.17) is 0 Å². The van der Waals surface area contributed by atoms with Gasteiger partial charge in [0.2, 0.25) is 0 Å². The normalized spacial score (nSPS) is 14.7. The first-order valence-corrected chi connectivity index (χ1v) is 16.6. The molecule has 3 rings (SSSR count). The molecule has 0 fully saturated rings. The number of hydrogen-bond acceptors (Lipinski definition) is 6. The molecule has 46 heavy (non-hydrogen) atoms. The summed E-state index contributed by atoms with van der Waals surface area (Å²) in [7, 11) is 1.76. The van der Waals surface area contributed by atoms with E-state index < -0.39 is 24.2 Å². The predicted molar refractivity (Wildman–Crippen MR) is 184 cm³/mol. The van der Waals surface area contributed by atoms with E-state index in [1.165, 1.54) is 0 Å². The lowest BCUT2D eigenvalue weighted by molar-refractivity contribution is -0.124. The van der Waals surface area contributed by atoms with Crippen molar-refractivity contribution in [3.8, 4) is 0 Å². The smallest absolute Gasteiger partial charge is 0.254 e. The molecule has 3 N–H and O–H groups in total. The number of nitrogens with zero attached hydrogens (tertiary/aromatic N) is 1. The Kier molecular flexibility index (Phi) is 14.8. The highest BCUT2D eigenvalue weighted by Gasteiger charge is 2.29. The number of rotatable bonds is 19. The van der Waals surface area contributed by atoms with E-state index in [1.807, 2.05) is 74.5 Å². The lowest BCUT2D eigenvalue weighted by Crippen LogP contribution is -2.49. The van der Waals surface area contributed by atoms with Crippen LogP contribution >= 0.6 is 0 Å². The van der Waals surface area contributed by atoms with Gasteiger partial charge >= 0.3 is 0 Å². The second-order valence-electron chi connectivity index (χ2n) is 12.9. The maximum Gasteiger partial charge on any atom is 0.254 e. The van der Waals surface area contributed by atoms with Crippen molar-refractivity contribution in [2.45, 2.75) is 90.5 Å². The zero-order chi connectivity index (χ0) is 33.6. The summed E-state index contributed by atoms with van der Waals surface area (Å²) in [6.07, 6.45) is 0.979. The number of carbonyl (C=O) groups excluding carboxylic acids is 3. The number of amides is 1. The number of hydrogen-bond donors (Lipinski definition) is 3. The third kappa shape index (κ3) is 11.0. The van der Waals surface area contributed by atoms with Gasteiger partial charge in [-0.25, -0.2) is 0 Å². The van der Waals surface area contributed by atoms with Crippen molar-refractivity contribution in [3.63, 3.8) is 0 Å². The van der Waals surface area contributed by atoms with E-state index in [0.717, 1.165) is 24.0 Å². The fraction of sp³-hybridized carbons (Fsp3) is 0.462. The molecule has 0 saturated carbocycles. The maximum atomic E-state index is 13.7. The van der Waals surface area contributed by atoms with Gasteiger partial charge in [0.15, 0.2) is 11.6 Å². The molecule has 3 aromatic rings. The van der Waals surface area contributed by atoms with Crippen molar-refractivity contribution < 1.29 is 24.6 Å². The van der Waals surface area contributed by atoms with Crippen LogP contribution in [0.15, 0.2) is 84.9 Å². The summed E-state index contributed by atoms with van der Waals surface area (Å²) >= 11 is 0. The molecule has 248 valence electrons. The van der Waals surface area contributed by atoms with E-state index in [2.05, 4.69) is 19.2 Å². The average Bonchev–Trinajstić information content (AvgIpc) is 3.07. The van der Waals surface area contributed by atoms with Gasteiger partial charge in [-0.3, -0.25) is 14.4 Å². The van der Waals surface area contributed by atoms with Crippen LogP contribution in [-0.2, 0) is 11.2 Å². The van der Waals surface area contributed by atoms with Crippen LogP contribution in [0, 0.1) is 11.8 Å². The Morgan fingerprint density at radius 2 is 1.43 bits per heavy atom. The SMILES string of the molecule is CCC[C@H](O)[C@H](NC[C@@H](O)[C@@H](CC(=O)c1cccc(C(=O)N(C)[C@H](C)c2ccccc2)c1)Cc1ccccc1)C(=O)CCC(C)C. The van der Waals surface area contributed by atoms with Crippen LogP contribution in [0.4, 0.5) is 0 Å². The third-order valence-electron chi connectivity index (χ3n) is 8.78. The Morgan fingerprint density at radius 1 is 0.804 bits per heavy atom. The number of ketones is 2. The topological polar surface area (TPSA) is 107 Å². The Labute approximate surface area is 275 Å². The molecule has 0 heterocycles. The highest BCUT2D eigenvalue weighted by atomic mass is 16.3. The van der Waals surface area contributed by atoms with Gasteiger partial charge in [0.25, 0.3) is 5.91 Å². The Hall–Kier alpha value is -3.65. The fourth-order valence-corrected chi connectivity index (χ4v) is 5.71. The zero-order valence-electron chi connectivity index (χ0n) is 28.1. The molecule has 0 aliphatic carbocycles. The number of benzene rings is 3. The van der Waals surface area contributed by atoms with Gasteiger partial charge in [-0.05, 0) is 61.3 Å². The molecular weight excluding hydrogens is 576 g/mol. The van der Waals surface area contributed by atoms with Crippen LogP contribution in [0.2, 0.25) is 0 Å². The monoisotopic (exact) mass is 628 g/mol. The summed E-state index contributed by atoms with van der Waals surface area (Å²) in [4.78, 5) is 41.8. The molecule has 0 radical (unpaired) electrons. The molecule has 0 aromatic heterocycles. The van der Waals surface area contributed by atoms with Crippen molar-refractivity contribution in [1.82, 2.24) is 10.2 Å². The minimum Gasteiger partial charge on any atom is -0.391 e. The quantitative estimate of drug-likeness (QED) is 0.132. The number of carbonyl (C=O) groups is 3. The molecule has 0 aliphatic rings. The highest BCUT2D eigenvalue weighted by molar-refractivity contribution is 6.00. The van der Waals surface area contributed by atoms with Gasteiger partial charge in [0.05, 0.1) is 24.3 Å². The molecule has 0 saturated heterocycles. The van der Waals surface area contributed by atoms with Gasteiger partial charge in [-0.1, -0.05) is 100.0 Å². The summed E-state index contributed by atoms with van der Waals surface area (Å²) in [6.45, 7) is 8.10. The summed E-state index contributed by atoms with van der Waals surface area (Å²) in [5, 5.41) is 25.4. The van der Waals surface area contributed by atoms with Crippen LogP contribution < -0.4 is 5.32 Å². The number of Topliss-reactive ketones (excluding diaryl/α,β-unsaturated/α-hetero) is 2. The molecule has 7 heteroatoms. The zero-order valence-corrected chi connectivity index (χ0v) is 28.1. The van der Waals surface area contributed by atoms with Crippen LogP contribution in [0.5, 0.6) is 0 Å². The Morgan fingerprint density at radius 3 is 2.07 bits per heavy atom. The standard InChI is InChI=1S/C39H52N2O5/c1-6-14-34(42)38(35(43)22-21-27(2)3)40-26-37(45)33(23-29-15-9-7-10-16-29)25-36(44)31-19-13-20-32(24-31)39(46)41(5)28(4)30-17-11-8-12-18-30/h7-13,15-20,24,27-28,33-34,37-38,40,42,45H,6,14,21-23,25-26H2,1-5H3/t28-,33-,34+,37-,38+/m1/s1. The first-order chi connectivity index (χ1) is 22.0. The van der Waals surface area contributed by atoms with Crippen LogP contribution in [0.1, 0.15) is 97.7 Å². The molecule has 1 amide bonds. The van der Waals surface area contributed by atoms with Crippen molar-refractivity contribution in [3.05, 3.63) is 107 Å². The summed E-state index contributed by atoms with van der Waals surface area (Å²) < 4.78 is 0. The minimum absolute atomic E-state index is 0.0507. The third-order valence-corrected chi connectivity index (χ3v) is 8.78. The van der Waals surface area contributed by atoms with E-state index in [9.17, 15) is 24.6 Å². The molecule has 7 nitrogen and oxygen atoms in total. The summed E-state index contributed by atoms with van der Waals surface area (Å²) in [5.41, 5.74) is 2.83. The predicted octanol–water partition coefficient (Wildman–Crippen LogP) is 6.44. The van der Waals surface area contributed by atoms with Crippen molar-refractivity contribution in [2.24, 2.45) is 11.8 Å². The second kappa shape index (κ2) is 18.5. The molecule has 0 bridgehead atoms. The number of aliphatic hydroxyl groups is 2. The van der Waals surface area contributed by atoms with E-state index >= 15 is 0 Å². The van der Waals surface area contributed by atoms with E-state index in [1.54, 1.807) is 36.2 Å². The molecular formula is C39H52N2O5. The lowest BCUT2D eigenvalue weighted by atomic mass is 9.87. The second-order valence-corrected chi connectivity index (χ2v) is 12.9. The minimum atomic E-state index is -0.957. The van der Waals surface area contributed by atoms with Gasteiger partial charge in [0, 0.05) is 37.6 Å². The average molecular weight is 629 g/mol. The van der Waals surface area contributed by atoms with E-state index in [-0.39, 0.29) is 36.5 Å². The van der Waals surface area contributed by atoms with Gasteiger partial charge in [-0.15, -0.1) is 0 Å². The Bertz CT molecular complexity index is 1380. The fourth-order valence-electron chi connectivity index (χ4n) is 5.71. The summed E-state index contributed by atoms with van der Waals surface area (Å²) in [5.74, 6) is -0.525.